The summed E-state index contributed by atoms with van der Waals surface area (Å²) in [5.74, 6) is 0.764. The van der Waals surface area contributed by atoms with Crippen LogP contribution in [0.1, 0.15) is 33.1 Å². The third-order valence-electron chi connectivity index (χ3n) is 1.52. The highest BCUT2D eigenvalue weighted by Gasteiger charge is 1.95. The zero-order chi connectivity index (χ0) is 6.41. The molecule has 0 bridgehead atoms. The molecule has 0 heteroatoms. The van der Waals surface area contributed by atoms with E-state index in [0.29, 0.717) is 0 Å². The minimum absolute atomic E-state index is 0.764. The van der Waals surface area contributed by atoms with Crippen molar-refractivity contribution in [1.82, 2.24) is 0 Å². The van der Waals surface area contributed by atoms with Crippen molar-refractivity contribution in [3.63, 3.8) is 0 Å². The van der Waals surface area contributed by atoms with Crippen molar-refractivity contribution in [3.05, 3.63) is 12.7 Å². The highest BCUT2D eigenvalue weighted by molar-refractivity contribution is 4.76. The molecule has 0 heterocycles. The molecule has 0 fully saturated rings. The van der Waals surface area contributed by atoms with E-state index in [1.165, 1.54) is 19.3 Å². The molecule has 0 amide bonds. The van der Waals surface area contributed by atoms with Crippen molar-refractivity contribution in [2.24, 2.45) is 5.92 Å². The van der Waals surface area contributed by atoms with Crippen molar-refractivity contribution in [2.45, 2.75) is 33.1 Å². The predicted molar refractivity (Wildman–Crippen MR) is 38.9 cm³/mol. The Bertz CT molecular complexity index is 55.1. The Kier molecular flexibility index (Phi) is 4.73. The number of hydrogen-bond acceptors (Lipinski definition) is 0. The molecule has 0 aliphatic rings. The van der Waals surface area contributed by atoms with Gasteiger partial charge in [0.25, 0.3) is 0 Å². The molecule has 0 aliphatic heterocycles. The molecule has 0 spiro atoms. The molecule has 48 valence electrons. The van der Waals surface area contributed by atoms with E-state index in [-0.39, 0.29) is 0 Å². The standard InChI is InChI=1S/C8H16/c1-4-7-8(5-2)6-3/h5,8H,2,4,6-7H2,1,3H3. The molecule has 8 heavy (non-hydrogen) atoms. The van der Waals surface area contributed by atoms with Crippen LogP contribution in [0.25, 0.3) is 0 Å². The maximum absolute atomic E-state index is 3.75. The summed E-state index contributed by atoms with van der Waals surface area (Å²) in [6.07, 6.45) is 5.89. The first-order chi connectivity index (χ1) is 3.85. The molecule has 0 aromatic heterocycles. The van der Waals surface area contributed by atoms with Gasteiger partial charge in [-0.3, -0.25) is 0 Å². The van der Waals surface area contributed by atoms with Crippen molar-refractivity contribution in [3.8, 4) is 0 Å². The topological polar surface area (TPSA) is 0 Å². The summed E-state index contributed by atoms with van der Waals surface area (Å²) in [4.78, 5) is 0. The Labute approximate surface area is 52.6 Å². The molecular formula is C8H16. The number of allylic oxidation sites excluding steroid dienone is 1. The summed E-state index contributed by atoms with van der Waals surface area (Å²) in [7, 11) is 0. The molecule has 0 radical (unpaired) electrons. The fraction of sp³-hybridized carbons (Fsp3) is 0.750. The van der Waals surface area contributed by atoms with Gasteiger partial charge in [0.1, 0.15) is 0 Å². The Morgan fingerprint density at radius 1 is 1.50 bits per heavy atom. The van der Waals surface area contributed by atoms with E-state index in [4.69, 9.17) is 0 Å². The second-order valence-electron chi connectivity index (χ2n) is 2.19. The van der Waals surface area contributed by atoms with Gasteiger partial charge in [0.15, 0.2) is 0 Å². The normalized spacial score (nSPS) is 13.2. The van der Waals surface area contributed by atoms with Crippen LogP contribution in [0.3, 0.4) is 0 Å². The molecular weight excluding hydrogens is 96.1 g/mol. The SMILES string of the molecule is C=CC(CC)CCC. The average Bonchev–Trinajstić information content (AvgIpc) is 1.83. The van der Waals surface area contributed by atoms with Crippen LogP contribution in [0.15, 0.2) is 12.7 Å². The molecule has 1 atom stereocenters. The Morgan fingerprint density at radius 3 is 2.25 bits per heavy atom. The molecule has 0 aliphatic carbocycles. The quantitative estimate of drug-likeness (QED) is 0.490. The van der Waals surface area contributed by atoms with Crippen LogP contribution in [0, 0.1) is 5.92 Å². The molecule has 0 aromatic rings. The lowest BCUT2D eigenvalue weighted by molar-refractivity contribution is 0.564. The van der Waals surface area contributed by atoms with E-state index in [1.54, 1.807) is 0 Å². The Hall–Kier alpha value is -0.260. The molecule has 0 rings (SSSR count). The van der Waals surface area contributed by atoms with Gasteiger partial charge < -0.3 is 0 Å². The van der Waals surface area contributed by atoms with Crippen molar-refractivity contribution < 1.29 is 0 Å². The maximum Gasteiger partial charge on any atom is -0.0239 e. The van der Waals surface area contributed by atoms with Crippen LogP contribution in [0.4, 0.5) is 0 Å². The third-order valence-corrected chi connectivity index (χ3v) is 1.52. The summed E-state index contributed by atoms with van der Waals surface area (Å²) in [5, 5.41) is 0. The minimum atomic E-state index is 0.764. The van der Waals surface area contributed by atoms with E-state index in [1.807, 2.05) is 0 Å². The third kappa shape index (κ3) is 2.84. The lowest BCUT2D eigenvalue weighted by Gasteiger charge is -2.04. The Morgan fingerprint density at radius 2 is 2.12 bits per heavy atom. The van der Waals surface area contributed by atoms with Gasteiger partial charge in [0, 0.05) is 0 Å². The predicted octanol–water partition coefficient (Wildman–Crippen LogP) is 3.00. The highest BCUT2D eigenvalue weighted by Crippen LogP contribution is 2.10. The van der Waals surface area contributed by atoms with Gasteiger partial charge in [-0.1, -0.05) is 26.3 Å². The smallest absolute Gasteiger partial charge is 0.0239 e. The van der Waals surface area contributed by atoms with Gasteiger partial charge in [0.2, 0.25) is 0 Å². The summed E-state index contributed by atoms with van der Waals surface area (Å²) in [6.45, 7) is 8.18. The van der Waals surface area contributed by atoms with E-state index in [2.05, 4.69) is 26.5 Å². The second-order valence-corrected chi connectivity index (χ2v) is 2.19. The highest BCUT2D eigenvalue weighted by atomic mass is 14.0. The van der Waals surface area contributed by atoms with Gasteiger partial charge >= 0.3 is 0 Å². The summed E-state index contributed by atoms with van der Waals surface area (Å²) in [5.41, 5.74) is 0. The summed E-state index contributed by atoms with van der Waals surface area (Å²) >= 11 is 0. The lowest BCUT2D eigenvalue weighted by Crippen LogP contribution is -1.90. The van der Waals surface area contributed by atoms with E-state index >= 15 is 0 Å². The van der Waals surface area contributed by atoms with Crippen LogP contribution in [0.2, 0.25) is 0 Å². The number of hydrogen-bond donors (Lipinski definition) is 0. The van der Waals surface area contributed by atoms with Crippen LogP contribution in [-0.4, -0.2) is 0 Å². The van der Waals surface area contributed by atoms with Gasteiger partial charge in [-0.2, -0.15) is 0 Å². The molecule has 0 saturated carbocycles. The van der Waals surface area contributed by atoms with Gasteiger partial charge in [0.05, 0.1) is 0 Å². The van der Waals surface area contributed by atoms with Crippen LogP contribution < -0.4 is 0 Å². The van der Waals surface area contributed by atoms with Crippen LogP contribution in [-0.2, 0) is 0 Å². The van der Waals surface area contributed by atoms with Gasteiger partial charge in [-0.25, -0.2) is 0 Å². The van der Waals surface area contributed by atoms with Gasteiger partial charge in [-0.15, -0.1) is 6.58 Å². The first-order valence-electron chi connectivity index (χ1n) is 3.47. The molecule has 0 aromatic carbocycles. The van der Waals surface area contributed by atoms with Crippen molar-refractivity contribution >= 4 is 0 Å². The number of rotatable bonds is 4. The fourth-order valence-corrected chi connectivity index (χ4v) is 0.859. The first kappa shape index (κ1) is 7.74. The largest absolute Gasteiger partial charge is 0.103 e. The van der Waals surface area contributed by atoms with E-state index in [0.717, 1.165) is 5.92 Å². The van der Waals surface area contributed by atoms with E-state index < -0.39 is 0 Å². The van der Waals surface area contributed by atoms with Crippen molar-refractivity contribution in [2.75, 3.05) is 0 Å². The fourth-order valence-electron chi connectivity index (χ4n) is 0.859. The molecule has 0 N–H and O–H groups in total. The molecule has 0 nitrogen and oxygen atoms in total. The maximum atomic E-state index is 3.75. The molecule has 0 saturated heterocycles. The van der Waals surface area contributed by atoms with Crippen molar-refractivity contribution in [1.29, 1.82) is 0 Å². The monoisotopic (exact) mass is 112 g/mol. The molecule has 1 unspecified atom stereocenters. The Balaban J connectivity index is 3.21. The van der Waals surface area contributed by atoms with E-state index in [9.17, 15) is 0 Å². The zero-order valence-electron chi connectivity index (χ0n) is 5.98. The first-order valence-corrected chi connectivity index (χ1v) is 3.47. The average molecular weight is 112 g/mol. The van der Waals surface area contributed by atoms with Gasteiger partial charge in [-0.05, 0) is 18.8 Å². The summed E-state index contributed by atoms with van der Waals surface area (Å²) < 4.78 is 0. The zero-order valence-corrected chi connectivity index (χ0v) is 5.98. The van der Waals surface area contributed by atoms with Crippen LogP contribution >= 0.6 is 0 Å². The minimum Gasteiger partial charge on any atom is -0.103 e. The summed E-state index contributed by atoms with van der Waals surface area (Å²) in [6, 6.07) is 0. The second kappa shape index (κ2) is 4.89. The lowest BCUT2D eigenvalue weighted by atomic mass is 10.0. The van der Waals surface area contributed by atoms with Crippen LogP contribution in [0.5, 0.6) is 0 Å².